The van der Waals surface area contributed by atoms with Crippen LogP contribution < -0.4 is 11.1 Å². The molecule has 0 saturated carbocycles. The zero-order chi connectivity index (χ0) is 18.4. The van der Waals surface area contributed by atoms with Crippen LogP contribution in [0.1, 0.15) is 28.5 Å². The molecule has 3 aromatic rings. The first-order valence-corrected chi connectivity index (χ1v) is 8.25. The SMILES string of the molecule is CCc1ccc(/C=N/NC(=O)c2cc(-c3ccccc3)nc(=O)[nH]2)cc1. The summed E-state index contributed by atoms with van der Waals surface area (Å²) in [6.07, 6.45) is 2.52. The molecule has 1 heterocycles. The van der Waals surface area contributed by atoms with E-state index in [4.69, 9.17) is 0 Å². The number of benzene rings is 2. The molecule has 0 bridgehead atoms. The molecule has 0 aliphatic rings. The lowest BCUT2D eigenvalue weighted by atomic mass is 10.1. The molecule has 1 amide bonds. The molecule has 2 N–H and O–H groups in total. The molecule has 0 saturated heterocycles. The normalized spacial score (nSPS) is 10.8. The lowest BCUT2D eigenvalue weighted by Gasteiger charge is -2.03. The van der Waals surface area contributed by atoms with Crippen molar-refractivity contribution in [2.45, 2.75) is 13.3 Å². The van der Waals surface area contributed by atoms with Crippen molar-refractivity contribution in [3.63, 3.8) is 0 Å². The molecule has 26 heavy (non-hydrogen) atoms. The fourth-order valence-corrected chi connectivity index (χ4v) is 2.40. The molecule has 2 aromatic carbocycles. The van der Waals surface area contributed by atoms with E-state index < -0.39 is 11.6 Å². The highest BCUT2D eigenvalue weighted by Crippen LogP contribution is 2.15. The molecule has 1 aromatic heterocycles. The summed E-state index contributed by atoms with van der Waals surface area (Å²) in [4.78, 5) is 30.3. The first kappa shape index (κ1) is 17.3. The van der Waals surface area contributed by atoms with Crippen molar-refractivity contribution < 1.29 is 4.79 Å². The van der Waals surface area contributed by atoms with Crippen LogP contribution in [0, 0.1) is 0 Å². The van der Waals surface area contributed by atoms with Gasteiger partial charge in [-0.1, -0.05) is 61.5 Å². The minimum absolute atomic E-state index is 0.0994. The quantitative estimate of drug-likeness (QED) is 0.550. The number of nitrogens with one attached hydrogen (secondary N) is 2. The average molecular weight is 346 g/mol. The van der Waals surface area contributed by atoms with Crippen LogP contribution in [0.15, 0.2) is 70.6 Å². The first-order valence-electron chi connectivity index (χ1n) is 8.25. The van der Waals surface area contributed by atoms with Gasteiger partial charge in [-0.2, -0.15) is 10.1 Å². The molecule has 0 atom stereocenters. The molecule has 0 fully saturated rings. The molecule has 0 radical (unpaired) electrons. The highest BCUT2D eigenvalue weighted by molar-refractivity contribution is 5.93. The smallest absolute Gasteiger partial charge is 0.301 e. The van der Waals surface area contributed by atoms with Crippen molar-refractivity contribution in [1.29, 1.82) is 0 Å². The first-order chi connectivity index (χ1) is 12.7. The molecule has 0 aliphatic heterocycles. The third-order valence-corrected chi connectivity index (χ3v) is 3.83. The second-order valence-corrected chi connectivity index (χ2v) is 5.65. The summed E-state index contributed by atoms with van der Waals surface area (Å²) in [7, 11) is 0. The van der Waals surface area contributed by atoms with Crippen molar-refractivity contribution in [3.8, 4) is 11.3 Å². The Hall–Kier alpha value is -3.54. The van der Waals surface area contributed by atoms with Crippen LogP contribution in [0.3, 0.4) is 0 Å². The number of hydrazone groups is 1. The summed E-state index contributed by atoms with van der Waals surface area (Å²) in [5.74, 6) is -0.511. The number of nitrogens with zero attached hydrogens (tertiary/aromatic N) is 2. The van der Waals surface area contributed by atoms with Gasteiger partial charge in [0.15, 0.2) is 0 Å². The van der Waals surface area contributed by atoms with E-state index in [-0.39, 0.29) is 5.69 Å². The molecule has 3 rings (SSSR count). The fraction of sp³-hybridized carbons (Fsp3) is 0.100. The van der Waals surface area contributed by atoms with E-state index in [1.54, 1.807) is 6.21 Å². The number of carbonyl (C=O) groups excluding carboxylic acids is 1. The largest absolute Gasteiger partial charge is 0.346 e. The van der Waals surface area contributed by atoms with E-state index >= 15 is 0 Å². The lowest BCUT2D eigenvalue weighted by molar-refractivity contribution is 0.0949. The highest BCUT2D eigenvalue weighted by atomic mass is 16.2. The summed E-state index contributed by atoms with van der Waals surface area (Å²) in [5.41, 5.74) is 5.21. The maximum atomic E-state index is 12.2. The van der Waals surface area contributed by atoms with Gasteiger partial charge in [-0.25, -0.2) is 10.2 Å². The summed E-state index contributed by atoms with van der Waals surface area (Å²) < 4.78 is 0. The van der Waals surface area contributed by atoms with Gasteiger partial charge in [-0.05, 0) is 23.6 Å². The van der Waals surface area contributed by atoms with Crippen LogP contribution in [-0.4, -0.2) is 22.1 Å². The van der Waals surface area contributed by atoms with Crippen LogP contribution in [0.2, 0.25) is 0 Å². The third kappa shape index (κ3) is 4.30. The monoisotopic (exact) mass is 346 g/mol. The van der Waals surface area contributed by atoms with Crippen LogP contribution in [-0.2, 0) is 6.42 Å². The molecular weight excluding hydrogens is 328 g/mol. The Morgan fingerprint density at radius 1 is 1.15 bits per heavy atom. The van der Waals surface area contributed by atoms with Crippen LogP contribution in [0.4, 0.5) is 0 Å². The van der Waals surface area contributed by atoms with Crippen molar-refractivity contribution >= 4 is 12.1 Å². The number of hydrogen-bond acceptors (Lipinski definition) is 4. The zero-order valence-electron chi connectivity index (χ0n) is 14.3. The van der Waals surface area contributed by atoms with Crippen molar-refractivity contribution in [1.82, 2.24) is 15.4 Å². The molecule has 0 spiro atoms. The van der Waals surface area contributed by atoms with Crippen molar-refractivity contribution in [2.75, 3.05) is 0 Å². The third-order valence-electron chi connectivity index (χ3n) is 3.83. The standard InChI is InChI=1S/C20H18N4O2/c1-2-14-8-10-15(11-9-14)13-21-24-19(25)18-12-17(22-20(26)23-18)16-6-4-3-5-7-16/h3-13H,2H2,1H3,(H,24,25)(H,22,23,26)/b21-13+. The van der Waals surface area contributed by atoms with Gasteiger partial charge in [0.25, 0.3) is 5.91 Å². The van der Waals surface area contributed by atoms with Crippen LogP contribution in [0.25, 0.3) is 11.3 Å². The highest BCUT2D eigenvalue weighted by Gasteiger charge is 2.09. The number of hydrogen-bond donors (Lipinski definition) is 2. The van der Waals surface area contributed by atoms with E-state index in [1.807, 2.05) is 54.6 Å². The molecule has 6 heteroatoms. The Morgan fingerprint density at radius 3 is 2.58 bits per heavy atom. The van der Waals surface area contributed by atoms with E-state index in [0.717, 1.165) is 17.5 Å². The molecule has 6 nitrogen and oxygen atoms in total. The Kier molecular flexibility index (Phi) is 5.34. The van der Waals surface area contributed by atoms with Gasteiger partial charge in [0.1, 0.15) is 5.69 Å². The predicted octanol–water partition coefficient (Wildman–Crippen LogP) is 2.76. The molecular formula is C20H18N4O2. The Balaban J connectivity index is 1.74. The van der Waals surface area contributed by atoms with Crippen LogP contribution in [0.5, 0.6) is 0 Å². The average Bonchev–Trinajstić information content (AvgIpc) is 2.68. The van der Waals surface area contributed by atoms with Crippen molar-refractivity contribution in [3.05, 3.63) is 88.0 Å². The van der Waals surface area contributed by atoms with Crippen LogP contribution >= 0.6 is 0 Å². The van der Waals surface area contributed by atoms with E-state index in [9.17, 15) is 9.59 Å². The molecule has 130 valence electrons. The van der Waals surface area contributed by atoms with Gasteiger partial charge < -0.3 is 4.98 Å². The minimum Gasteiger partial charge on any atom is -0.301 e. The number of H-pyrrole nitrogens is 1. The number of carbonyl (C=O) groups is 1. The maximum Gasteiger partial charge on any atom is 0.346 e. The van der Waals surface area contributed by atoms with E-state index in [2.05, 4.69) is 27.4 Å². The zero-order valence-corrected chi connectivity index (χ0v) is 14.3. The second-order valence-electron chi connectivity index (χ2n) is 5.65. The summed E-state index contributed by atoms with van der Waals surface area (Å²) in [6, 6.07) is 18.6. The minimum atomic E-state index is -0.587. The number of rotatable bonds is 5. The number of amides is 1. The van der Waals surface area contributed by atoms with E-state index in [0.29, 0.717) is 5.69 Å². The lowest BCUT2D eigenvalue weighted by Crippen LogP contribution is -2.24. The predicted molar refractivity (Wildman–Crippen MR) is 101 cm³/mol. The van der Waals surface area contributed by atoms with Gasteiger partial charge >= 0.3 is 5.69 Å². The number of aromatic nitrogens is 2. The fourth-order valence-electron chi connectivity index (χ4n) is 2.40. The van der Waals surface area contributed by atoms with Gasteiger partial charge in [0.2, 0.25) is 0 Å². The van der Waals surface area contributed by atoms with Gasteiger partial charge in [-0.3, -0.25) is 4.79 Å². The van der Waals surface area contributed by atoms with Gasteiger partial charge in [0.05, 0.1) is 11.9 Å². The summed E-state index contributed by atoms with van der Waals surface area (Å²) >= 11 is 0. The van der Waals surface area contributed by atoms with Gasteiger partial charge in [0, 0.05) is 5.56 Å². The summed E-state index contributed by atoms with van der Waals surface area (Å²) in [5, 5.41) is 3.94. The molecule has 0 aliphatic carbocycles. The van der Waals surface area contributed by atoms with E-state index in [1.165, 1.54) is 11.6 Å². The van der Waals surface area contributed by atoms with Gasteiger partial charge in [-0.15, -0.1) is 0 Å². The second kappa shape index (κ2) is 8.02. The molecule has 0 unspecified atom stereocenters. The summed E-state index contributed by atoms with van der Waals surface area (Å²) in [6.45, 7) is 2.09. The number of aromatic amines is 1. The Bertz CT molecular complexity index is 977. The Labute approximate surface area is 150 Å². The Morgan fingerprint density at radius 2 is 1.88 bits per heavy atom. The maximum absolute atomic E-state index is 12.2. The topological polar surface area (TPSA) is 87.2 Å². The van der Waals surface area contributed by atoms with Crippen molar-refractivity contribution in [2.24, 2.45) is 5.10 Å². The number of aryl methyl sites for hydroxylation is 1.